The highest BCUT2D eigenvalue weighted by atomic mass is 32.1. The molecule has 0 aromatic carbocycles. The first-order valence-corrected chi connectivity index (χ1v) is 9.92. The number of nitrogens with zero attached hydrogens (tertiary/aromatic N) is 5. The van der Waals surface area contributed by atoms with Crippen molar-refractivity contribution in [3.63, 3.8) is 0 Å². The van der Waals surface area contributed by atoms with Crippen molar-refractivity contribution < 1.29 is 4.74 Å². The molecule has 7 nitrogen and oxygen atoms in total. The number of aromatic nitrogens is 5. The summed E-state index contributed by atoms with van der Waals surface area (Å²) in [6.45, 7) is 2.58. The van der Waals surface area contributed by atoms with Gasteiger partial charge in [0.05, 0.1) is 17.3 Å². The highest BCUT2D eigenvalue weighted by molar-refractivity contribution is 7.11. The molecule has 27 heavy (non-hydrogen) atoms. The van der Waals surface area contributed by atoms with Gasteiger partial charge in [-0.1, -0.05) is 0 Å². The minimum atomic E-state index is -0.0682. The zero-order valence-electron chi connectivity index (χ0n) is 15.8. The van der Waals surface area contributed by atoms with Gasteiger partial charge in [-0.2, -0.15) is 5.10 Å². The number of ether oxygens (including phenoxy) is 1. The van der Waals surface area contributed by atoms with Crippen molar-refractivity contribution in [3.8, 4) is 5.88 Å². The zero-order chi connectivity index (χ0) is 19.0. The quantitative estimate of drug-likeness (QED) is 0.624. The van der Waals surface area contributed by atoms with E-state index in [-0.39, 0.29) is 5.56 Å². The van der Waals surface area contributed by atoms with Crippen LogP contribution >= 0.6 is 11.3 Å². The standard InChI is InChI=1S/C19H23N5O2S/c1-12-20-10-15(27-12)5-4-13-9-18(22-24(3)19(13)25)26-11-14-8-16(14)17-6-7-23(2)21-17/h6-7,9-10,14,16H,4-5,8,11H2,1-3H3/t14-,16+/m1/s1. The molecule has 1 aliphatic rings. The lowest BCUT2D eigenvalue weighted by molar-refractivity contribution is 0.277. The van der Waals surface area contributed by atoms with Crippen LogP contribution in [0.25, 0.3) is 0 Å². The van der Waals surface area contributed by atoms with Crippen LogP contribution in [0.2, 0.25) is 0 Å². The van der Waals surface area contributed by atoms with Crippen molar-refractivity contribution in [2.75, 3.05) is 6.61 Å². The molecule has 3 aromatic rings. The van der Waals surface area contributed by atoms with E-state index >= 15 is 0 Å². The van der Waals surface area contributed by atoms with Gasteiger partial charge in [0.15, 0.2) is 0 Å². The monoisotopic (exact) mass is 385 g/mol. The number of rotatable bonds is 7. The van der Waals surface area contributed by atoms with Crippen LogP contribution in [0, 0.1) is 12.8 Å². The van der Waals surface area contributed by atoms with Crippen LogP contribution in [0.1, 0.15) is 33.5 Å². The van der Waals surface area contributed by atoms with Gasteiger partial charge < -0.3 is 4.74 Å². The minimum absolute atomic E-state index is 0.0682. The lowest BCUT2D eigenvalue weighted by Gasteiger charge is -2.08. The van der Waals surface area contributed by atoms with E-state index < -0.39 is 0 Å². The second-order valence-electron chi connectivity index (χ2n) is 7.11. The first kappa shape index (κ1) is 17.9. The Bertz CT molecular complexity index is 1010. The van der Waals surface area contributed by atoms with Crippen LogP contribution in [0.15, 0.2) is 29.3 Å². The summed E-state index contributed by atoms with van der Waals surface area (Å²) >= 11 is 1.67. The van der Waals surface area contributed by atoms with Gasteiger partial charge in [0.1, 0.15) is 0 Å². The highest BCUT2D eigenvalue weighted by Gasteiger charge is 2.40. The number of aryl methyl sites for hydroxylation is 5. The smallest absolute Gasteiger partial charge is 0.269 e. The van der Waals surface area contributed by atoms with E-state index in [4.69, 9.17) is 4.74 Å². The molecule has 3 heterocycles. The summed E-state index contributed by atoms with van der Waals surface area (Å²) in [5.41, 5.74) is 1.78. The molecule has 142 valence electrons. The maximum atomic E-state index is 12.4. The number of hydrogen-bond donors (Lipinski definition) is 0. The Balaban J connectivity index is 1.38. The lowest BCUT2D eigenvalue weighted by Crippen LogP contribution is -2.24. The van der Waals surface area contributed by atoms with Crippen LogP contribution in [-0.2, 0) is 26.9 Å². The summed E-state index contributed by atoms with van der Waals surface area (Å²) < 4.78 is 9.10. The molecular weight excluding hydrogens is 362 g/mol. The summed E-state index contributed by atoms with van der Waals surface area (Å²) in [4.78, 5) is 17.8. The Morgan fingerprint density at radius 2 is 2.15 bits per heavy atom. The van der Waals surface area contributed by atoms with E-state index in [2.05, 4.69) is 21.2 Å². The molecule has 0 amide bonds. The molecule has 0 bridgehead atoms. The van der Waals surface area contributed by atoms with E-state index in [9.17, 15) is 4.79 Å². The molecule has 0 unspecified atom stereocenters. The van der Waals surface area contributed by atoms with Crippen LogP contribution in [0.5, 0.6) is 5.88 Å². The molecular formula is C19H23N5O2S. The topological polar surface area (TPSA) is 74.8 Å². The van der Waals surface area contributed by atoms with Gasteiger partial charge >= 0.3 is 0 Å². The first-order valence-electron chi connectivity index (χ1n) is 9.10. The average molecular weight is 385 g/mol. The van der Waals surface area contributed by atoms with Gasteiger partial charge in [-0.15, -0.1) is 16.4 Å². The third-order valence-corrected chi connectivity index (χ3v) is 5.88. The van der Waals surface area contributed by atoms with E-state index in [0.29, 0.717) is 30.7 Å². The fourth-order valence-electron chi connectivity index (χ4n) is 3.29. The molecule has 1 fully saturated rings. The van der Waals surface area contributed by atoms with Gasteiger partial charge in [-0.25, -0.2) is 9.67 Å². The van der Waals surface area contributed by atoms with E-state index in [1.54, 1.807) is 24.5 Å². The van der Waals surface area contributed by atoms with Crippen LogP contribution in [0.4, 0.5) is 0 Å². The van der Waals surface area contributed by atoms with E-state index in [1.165, 1.54) is 9.56 Å². The molecule has 0 N–H and O–H groups in total. The van der Waals surface area contributed by atoms with Crippen LogP contribution in [-0.4, -0.2) is 31.2 Å². The number of thiazole rings is 1. The Morgan fingerprint density at radius 1 is 1.30 bits per heavy atom. The van der Waals surface area contributed by atoms with Gasteiger partial charge in [0.25, 0.3) is 5.56 Å². The largest absolute Gasteiger partial charge is 0.476 e. The number of hydrogen-bond acceptors (Lipinski definition) is 6. The van der Waals surface area contributed by atoms with Gasteiger partial charge in [-0.3, -0.25) is 9.48 Å². The molecule has 3 aromatic heterocycles. The predicted octanol–water partition coefficient (Wildman–Crippen LogP) is 2.25. The van der Waals surface area contributed by atoms with E-state index in [0.717, 1.165) is 29.1 Å². The first-order chi connectivity index (χ1) is 13.0. The van der Waals surface area contributed by atoms with Gasteiger partial charge in [0, 0.05) is 54.8 Å². The highest BCUT2D eigenvalue weighted by Crippen LogP contribution is 2.46. The summed E-state index contributed by atoms with van der Waals surface area (Å²) in [6, 6.07) is 3.85. The van der Waals surface area contributed by atoms with E-state index in [1.807, 2.05) is 31.0 Å². The molecule has 0 spiro atoms. The predicted molar refractivity (Wildman–Crippen MR) is 103 cm³/mol. The second kappa shape index (κ2) is 7.26. The fourth-order valence-corrected chi connectivity index (χ4v) is 4.08. The molecule has 4 rings (SSSR count). The summed E-state index contributed by atoms with van der Waals surface area (Å²) in [5.74, 6) is 1.44. The van der Waals surface area contributed by atoms with Crippen molar-refractivity contribution in [3.05, 3.63) is 56.0 Å². The lowest BCUT2D eigenvalue weighted by atomic mass is 10.1. The zero-order valence-corrected chi connectivity index (χ0v) is 16.6. The van der Waals surface area contributed by atoms with Crippen molar-refractivity contribution in [1.82, 2.24) is 24.5 Å². The maximum absolute atomic E-state index is 12.4. The molecule has 8 heteroatoms. The summed E-state index contributed by atoms with van der Waals surface area (Å²) in [5, 5.41) is 9.76. The Hall–Kier alpha value is -2.48. The summed E-state index contributed by atoms with van der Waals surface area (Å²) in [6.07, 6.45) is 6.40. The maximum Gasteiger partial charge on any atom is 0.269 e. The minimum Gasteiger partial charge on any atom is -0.476 e. The second-order valence-corrected chi connectivity index (χ2v) is 8.43. The van der Waals surface area contributed by atoms with Crippen LogP contribution in [0.3, 0.4) is 0 Å². The van der Waals surface area contributed by atoms with Crippen molar-refractivity contribution >= 4 is 11.3 Å². The van der Waals surface area contributed by atoms with Gasteiger partial charge in [0.2, 0.25) is 5.88 Å². The SMILES string of the molecule is Cc1ncc(CCc2cc(OC[C@H]3C[C@@H]3c3ccn(C)n3)nn(C)c2=O)s1. The van der Waals surface area contributed by atoms with Gasteiger partial charge in [-0.05, 0) is 32.3 Å². The van der Waals surface area contributed by atoms with Crippen molar-refractivity contribution in [2.45, 2.75) is 32.1 Å². The molecule has 1 saturated carbocycles. The summed E-state index contributed by atoms with van der Waals surface area (Å²) in [7, 11) is 3.60. The normalized spacial score (nSPS) is 18.6. The molecule has 2 atom stereocenters. The Labute approximate surface area is 161 Å². The molecule has 0 radical (unpaired) electrons. The third-order valence-electron chi connectivity index (χ3n) is 4.91. The van der Waals surface area contributed by atoms with Crippen molar-refractivity contribution in [1.29, 1.82) is 0 Å². The third kappa shape index (κ3) is 4.10. The Morgan fingerprint density at radius 3 is 2.85 bits per heavy atom. The fraction of sp³-hybridized carbons (Fsp3) is 0.474. The van der Waals surface area contributed by atoms with Crippen molar-refractivity contribution in [2.24, 2.45) is 20.0 Å². The van der Waals surface area contributed by atoms with Crippen LogP contribution < -0.4 is 10.3 Å². The molecule has 0 aliphatic heterocycles. The Kier molecular flexibility index (Phi) is 4.82. The molecule has 0 saturated heterocycles. The average Bonchev–Trinajstić information content (AvgIpc) is 3.09. The molecule has 1 aliphatic carbocycles.